The molecule has 3 rings (SSSR count). The van der Waals surface area contributed by atoms with E-state index in [0.717, 1.165) is 0 Å². The predicted molar refractivity (Wildman–Crippen MR) is 146 cm³/mol. The molecular formula is C27H43F3N4O7S. The van der Waals surface area contributed by atoms with Gasteiger partial charge in [0.25, 0.3) is 0 Å². The van der Waals surface area contributed by atoms with E-state index in [-0.39, 0.29) is 43.2 Å². The van der Waals surface area contributed by atoms with Crippen LogP contribution in [0.25, 0.3) is 0 Å². The standard InChI is InChI=1S/C27H43F3N4O7S/c1-26(2,3)18-10-12-34(25(38)22(16-7-5-6-8-16)33-42(39,40)27(28,29)30)20(14-18)24(37)32-19(21(35)15-41-4)13-17-9-11-31-23(17)36/h16-20,22,33H,5-15H2,1-4H3,(H,31,36)(H,32,37)/t17-,18?,19-,20-,22-/m0/s1. The normalized spacial score (nSPS) is 25.6. The third-order valence-electron chi connectivity index (χ3n) is 8.81. The van der Waals surface area contributed by atoms with Crippen LogP contribution in [-0.4, -0.2) is 87.3 Å². The highest BCUT2D eigenvalue weighted by molar-refractivity contribution is 7.90. The maximum atomic E-state index is 13.9. The minimum atomic E-state index is -5.84. The van der Waals surface area contributed by atoms with E-state index in [9.17, 15) is 40.8 Å². The third-order valence-corrected chi connectivity index (χ3v) is 9.99. The van der Waals surface area contributed by atoms with Crippen molar-refractivity contribution in [2.45, 2.75) is 95.8 Å². The van der Waals surface area contributed by atoms with E-state index in [1.807, 2.05) is 20.8 Å². The Morgan fingerprint density at radius 1 is 1.10 bits per heavy atom. The van der Waals surface area contributed by atoms with Crippen LogP contribution in [0.1, 0.15) is 72.1 Å². The van der Waals surface area contributed by atoms with Gasteiger partial charge in [0.1, 0.15) is 18.7 Å². The number of rotatable bonds is 11. The van der Waals surface area contributed by atoms with Gasteiger partial charge in [-0.2, -0.15) is 17.9 Å². The van der Waals surface area contributed by atoms with E-state index in [1.54, 1.807) is 4.72 Å². The fraction of sp³-hybridized carbons (Fsp3) is 0.852. The summed E-state index contributed by atoms with van der Waals surface area (Å²) in [6.45, 7) is 6.08. The number of carbonyl (C=O) groups excluding carboxylic acids is 4. The molecule has 2 saturated heterocycles. The van der Waals surface area contributed by atoms with Crippen LogP contribution in [0.3, 0.4) is 0 Å². The van der Waals surface area contributed by atoms with Gasteiger partial charge in [-0.3, -0.25) is 19.2 Å². The van der Waals surface area contributed by atoms with Crippen LogP contribution in [0.4, 0.5) is 13.2 Å². The van der Waals surface area contributed by atoms with E-state index in [1.165, 1.54) is 12.0 Å². The molecule has 0 aromatic heterocycles. The van der Waals surface area contributed by atoms with E-state index < -0.39 is 63.1 Å². The van der Waals surface area contributed by atoms with Crippen molar-refractivity contribution in [3.8, 4) is 0 Å². The third kappa shape index (κ3) is 8.22. The van der Waals surface area contributed by atoms with Gasteiger partial charge >= 0.3 is 15.5 Å². The number of likely N-dealkylation sites (tertiary alicyclic amines) is 1. The van der Waals surface area contributed by atoms with Crippen molar-refractivity contribution < 1.29 is 45.5 Å². The highest BCUT2D eigenvalue weighted by Gasteiger charge is 2.51. The molecule has 1 aliphatic carbocycles. The summed E-state index contributed by atoms with van der Waals surface area (Å²) in [6, 6.07) is -3.94. The van der Waals surface area contributed by atoms with Crippen molar-refractivity contribution >= 4 is 33.5 Å². The molecule has 11 nitrogen and oxygen atoms in total. The zero-order valence-electron chi connectivity index (χ0n) is 24.6. The molecule has 5 atom stereocenters. The fourth-order valence-corrected chi connectivity index (χ4v) is 7.01. The van der Waals surface area contributed by atoms with Crippen molar-refractivity contribution in [1.82, 2.24) is 20.3 Å². The molecular weight excluding hydrogens is 581 g/mol. The molecule has 240 valence electrons. The lowest BCUT2D eigenvalue weighted by Gasteiger charge is -2.45. The maximum Gasteiger partial charge on any atom is 0.511 e. The topological polar surface area (TPSA) is 151 Å². The predicted octanol–water partition coefficient (Wildman–Crippen LogP) is 1.86. The Morgan fingerprint density at radius 2 is 1.74 bits per heavy atom. The number of piperidine rings is 1. The number of halogens is 3. The van der Waals surface area contributed by atoms with Gasteiger partial charge in [0.2, 0.25) is 17.7 Å². The summed E-state index contributed by atoms with van der Waals surface area (Å²) in [7, 11) is -4.52. The molecule has 0 radical (unpaired) electrons. The first kappa shape index (κ1) is 34.2. The van der Waals surface area contributed by atoms with Crippen LogP contribution in [-0.2, 0) is 33.9 Å². The smallest absolute Gasteiger partial charge is 0.377 e. The lowest BCUT2D eigenvalue weighted by Crippen LogP contribution is -2.62. The highest BCUT2D eigenvalue weighted by atomic mass is 32.2. The van der Waals surface area contributed by atoms with E-state index >= 15 is 0 Å². The van der Waals surface area contributed by atoms with Gasteiger partial charge in [-0.05, 0) is 55.8 Å². The monoisotopic (exact) mass is 624 g/mol. The fourth-order valence-electron chi connectivity index (χ4n) is 6.25. The molecule has 3 aliphatic rings. The molecule has 1 saturated carbocycles. The molecule has 1 unspecified atom stereocenters. The number of nitrogens with one attached hydrogen (secondary N) is 3. The molecule has 42 heavy (non-hydrogen) atoms. The summed E-state index contributed by atoms with van der Waals surface area (Å²) in [5.74, 6) is -3.50. The first-order valence-electron chi connectivity index (χ1n) is 14.4. The molecule has 3 fully saturated rings. The average Bonchev–Trinajstić information content (AvgIpc) is 3.57. The summed E-state index contributed by atoms with van der Waals surface area (Å²) >= 11 is 0. The Morgan fingerprint density at radius 3 is 2.26 bits per heavy atom. The Hall–Kier alpha value is -2.26. The molecule has 0 bridgehead atoms. The molecule has 15 heteroatoms. The lowest BCUT2D eigenvalue weighted by molar-refractivity contribution is -0.147. The zero-order valence-corrected chi connectivity index (χ0v) is 25.4. The quantitative estimate of drug-likeness (QED) is 0.318. The number of carbonyl (C=O) groups is 4. The first-order chi connectivity index (χ1) is 19.5. The number of Topliss-reactive ketones (excluding diaryl/α,β-unsaturated/α-hetero) is 1. The van der Waals surface area contributed by atoms with Crippen molar-refractivity contribution in [3.05, 3.63) is 0 Å². The summed E-state index contributed by atoms with van der Waals surface area (Å²) in [5.41, 5.74) is -5.88. The van der Waals surface area contributed by atoms with Gasteiger partial charge in [0.15, 0.2) is 5.78 Å². The van der Waals surface area contributed by atoms with Crippen LogP contribution in [0.5, 0.6) is 0 Å². The van der Waals surface area contributed by atoms with Gasteiger partial charge in [0.05, 0.1) is 6.04 Å². The molecule has 3 N–H and O–H groups in total. The number of ketones is 1. The minimum Gasteiger partial charge on any atom is -0.377 e. The average molecular weight is 625 g/mol. The summed E-state index contributed by atoms with van der Waals surface area (Å²) in [4.78, 5) is 54.0. The molecule has 0 aromatic carbocycles. The lowest BCUT2D eigenvalue weighted by atomic mass is 9.73. The molecule has 0 aromatic rings. The Balaban J connectivity index is 1.92. The van der Waals surface area contributed by atoms with E-state index in [0.29, 0.717) is 45.1 Å². The number of ether oxygens (including phenoxy) is 1. The first-order valence-corrected chi connectivity index (χ1v) is 15.9. The van der Waals surface area contributed by atoms with Crippen LogP contribution in [0, 0.1) is 23.2 Å². The van der Waals surface area contributed by atoms with Gasteiger partial charge < -0.3 is 20.3 Å². The van der Waals surface area contributed by atoms with Gasteiger partial charge in [-0.15, -0.1) is 0 Å². The largest absolute Gasteiger partial charge is 0.511 e. The van der Waals surface area contributed by atoms with Crippen molar-refractivity contribution in [2.24, 2.45) is 23.2 Å². The van der Waals surface area contributed by atoms with Crippen LogP contribution in [0.2, 0.25) is 0 Å². The van der Waals surface area contributed by atoms with Crippen molar-refractivity contribution in [3.63, 3.8) is 0 Å². The molecule has 0 spiro atoms. The molecule has 2 heterocycles. The van der Waals surface area contributed by atoms with Crippen LogP contribution in [0.15, 0.2) is 0 Å². The number of nitrogens with zero attached hydrogens (tertiary/aromatic N) is 1. The maximum absolute atomic E-state index is 13.9. The number of methoxy groups -OCH3 is 1. The van der Waals surface area contributed by atoms with Crippen LogP contribution >= 0.6 is 0 Å². The SMILES string of the molecule is COCC(=O)[C@H](C[C@@H]1CCNC1=O)NC(=O)[C@@H]1CC(C(C)(C)C)CCN1C(=O)[C@@H](NS(=O)(=O)C(F)(F)F)C1CCCC1. The molecule has 2 aliphatic heterocycles. The molecule has 3 amide bonds. The van der Waals surface area contributed by atoms with Crippen molar-refractivity contribution in [2.75, 3.05) is 26.8 Å². The van der Waals surface area contributed by atoms with Gasteiger partial charge in [-0.25, -0.2) is 8.42 Å². The number of hydrogen-bond donors (Lipinski definition) is 3. The van der Waals surface area contributed by atoms with E-state index in [4.69, 9.17) is 4.74 Å². The highest BCUT2D eigenvalue weighted by Crippen LogP contribution is 2.38. The Labute approximate surface area is 245 Å². The van der Waals surface area contributed by atoms with E-state index in [2.05, 4.69) is 10.6 Å². The number of amides is 3. The second-order valence-electron chi connectivity index (χ2n) is 12.7. The summed E-state index contributed by atoms with van der Waals surface area (Å²) in [6.07, 6.45) is 3.13. The Bertz CT molecular complexity index is 1120. The zero-order chi connectivity index (χ0) is 31.5. The van der Waals surface area contributed by atoms with Gasteiger partial charge in [0, 0.05) is 26.1 Å². The minimum absolute atomic E-state index is 0.0253. The number of sulfonamides is 1. The Kier molecular flexibility index (Phi) is 11.1. The van der Waals surface area contributed by atoms with Crippen molar-refractivity contribution in [1.29, 1.82) is 0 Å². The van der Waals surface area contributed by atoms with Gasteiger partial charge in [-0.1, -0.05) is 33.6 Å². The number of alkyl halides is 3. The summed E-state index contributed by atoms with van der Waals surface area (Å²) < 4.78 is 70.8. The second kappa shape index (κ2) is 13.6. The summed E-state index contributed by atoms with van der Waals surface area (Å²) in [5, 5.41) is 5.39. The second-order valence-corrected chi connectivity index (χ2v) is 14.4. The van der Waals surface area contributed by atoms with Crippen LogP contribution < -0.4 is 15.4 Å². The number of hydrogen-bond acceptors (Lipinski definition) is 7.